The molecule has 3 aromatic carbocycles. The van der Waals surface area contributed by atoms with Gasteiger partial charge in [0, 0.05) is 5.92 Å². The number of esters is 2. The fourth-order valence-electron chi connectivity index (χ4n) is 4.39. The van der Waals surface area contributed by atoms with Gasteiger partial charge in [0.2, 0.25) is 0 Å². The summed E-state index contributed by atoms with van der Waals surface area (Å²) in [5.74, 6) is -1.78. The highest BCUT2D eigenvalue weighted by Crippen LogP contribution is 2.43. The maximum Gasteiger partial charge on any atom is 0.338 e. The average Bonchev–Trinajstić information content (AvgIpc) is 2.87. The first kappa shape index (κ1) is 24.1. The first-order valence-corrected chi connectivity index (χ1v) is 11.9. The number of allylic oxidation sites excluding steroid dienone is 1. The maximum atomic E-state index is 13.4. The van der Waals surface area contributed by atoms with Crippen molar-refractivity contribution in [3.05, 3.63) is 107 Å². The number of rotatable bonds is 7. The Kier molecular flexibility index (Phi) is 7.56. The Bertz CT molecular complexity index is 1260. The average molecular weight is 468 g/mol. The van der Waals surface area contributed by atoms with E-state index in [1.165, 1.54) is 0 Å². The summed E-state index contributed by atoms with van der Waals surface area (Å²) in [6.07, 6.45) is 4.01. The van der Waals surface area contributed by atoms with Crippen molar-refractivity contribution in [2.45, 2.75) is 26.7 Å². The third kappa shape index (κ3) is 5.24. The van der Waals surface area contributed by atoms with E-state index in [2.05, 4.69) is 0 Å². The van der Waals surface area contributed by atoms with Crippen LogP contribution in [0.3, 0.4) is 0 Å². The quantitative estimate of drug-likeness (QED) is 0.384. The molecule has 0 aromatic heterocycles. The Hall–Kier alpha value is -3.99. The van der Waals surface area contributed by atoms with Crippen LogP contribution in [0.15, 0.2) is 83.9 Å². The lowest BCUT2D eigenvalue weighted by Crippen LogP contribution is -2.34. The van der Waals surface area contributed by atoms with Crippen LogP contribution in [0, 0.1) is 12.8 Å². The zero-order valence-corrected chi connectivity index (χ0v) is 20.2. The van der Waals surface area contributed by atoms with Crippen LogP contribution >= 0.6 is 0 Å². The van der Waals surface area contributed by atoms with Crippen LogP contribution in [0.5, 0.6) is 0 Å². The van der Waals surface area contributed by atoms with E-state index >= 15 is 0 Å². The molecule has 0 bridgehead atoms. The maximum absolute atomic E-state index is 13.4. The van der Waals surface area contributed by atoms with Gasteiger partial charge in [0.1, 0.15) is 5.92 Å². The van der Waals surface area contributed by atoms with E-state index in [4.69, 9.17) is 14.5 Å². The molecule has 4 rings (SSSR count). The molecule has 0 fully saturated rings. The number of hydrogen-bond donors (Lipinski definition) is 0. The smallest absolute Gasteiger partial charge is 0.338 e. The summed E-state index contributed by atoms with van der Waals surface area (Å²) in [5.41, 5.74) is 5.31. The van der Waals surface area contributed by atoms with Gasteiger partial charge in [0.15, 0.2) is 0 Å². The fraction of sp³-hybridized carbons (Fsp3) is 0.233. The van der Waals surface area contributed by atoms with Crippen molar-refractivity contribution in [3.63, 3.8) is 0 Å². The molecule has 0 saturated carbocycles. The summed E-state index contributed by atoms with van der Waals surface area (Å²) >= 11 is 0. The van der Waals surface area contributed by atoms with Crippen LogP contribution in [0.4, 0.5) is 5.69 Å². The number of carbonyl (C=O) groups is 2. The number of aliphatic imine (C=N–C) groups is 1. The largest absolute Gasteiger partial charge is 0.465 e. The van der Waals surface area contributed by atoms with Crippen molar-refractivity contribution in [3.8, 4) is 0 Å². The summed E-state index contributed by atoms with van der Waals surface area (Å²) in [7, 11) is 0. The molecule has 0 spiro atoms. The molecule has 0 radical (unpaired) electrons. The minimum atomic E-state index is -0.664. The molecule has 35 heavy (non-hydrogen) atoms. The van der Waals surface area contributed by atoms with Crippen LogP contribution in [0.1, 0.15) is 52.4 Å². The van der Waals surface area contributed by atoms with Crippen LogP contribution < -0.4 is 0 Å². The molecule has 5 nitrogen and oxygen atoms in total. The van der Waals surface area contributed by atoms with E-state index in [9.17, 15) is 9.59 Å². The molecule has 2 unspecified atom stereocenters. The summed E-state index contributed by atoms with van der Waals surface area (Å²) < 4.78 is 10.8. The Morgan fingerprint density at radius 1 is 0.914 bits per heavy atom. The van der Waals surface area contributed by atoms with Crippen molar-refractivity contribution < 1.29 is 19.1 Å². The fourth-order valence-corrected chi connectivity index (χ4v) is 4.39. The third-order valence-corrected chi connectivity index (χ3v) is 6.03. The number of hydrogen-bond acceptors (Lipinski definition) is 5. The van der Waals surface area contributed by atoms with Gasteiger partial charge in [-0.3, -0.25) is 9.79 Å². The topological polar surface area (TPSA) is 65.0 Å². The minimum absolute atomic E-state index is 0.265. The van der Waals surface area contributed by atoms with E-state index in [0.717, 1.165) is 27.9 Å². The number of fused-ring (bicyclic) bond motifs is 1. The first-order chi connectivity index (χ1) is 17.0. The lowest BCUT2D eigenvalue weighted by atomic mass is 9.76. The SMILES string of the molecule is CCOC(=O)c1cc2c(cc1C)N=C(c1ccccc1)C(C(=O)OCC)C2/C=C/c1ccccc1. The highest BCUT2D eigenvalue weighted by Gasteiger charge is 2.39. The van der Waals surface area contributed by atoms with Crippen molar-refractivity contribution in [2.24, 2.45) is 10.9 Å². The molecule has 2 atom stereocenters. The van der Waals surface area contributed by atoms with E-state index in [-0.39, 0.29) is 31.1 Å². The third-order valence-electron chi connectivity index (χ3n) is 6.03. The molecule has 0 saturated heterocycles. The molecule has 0 aliphatic carbocycles. The van der Waals surface area contributed by atoms with Gasteiger partial charge in [-0.1, -0.05) is 72.8 Å². The number of ether oxygens (including phenoxy) is 2. The van der Waals surface area contributed by atoms with Gasteiger partial charge in [0.05, 0.1) is 30.2 Å². The van der Waals surface area contributed by atoms with Crippen LogP contribution in [-0.2, 0) is 14.3 Å². The van der Waals surface area contributed by atoms with E-state index in [1.807, 2.05) is 91.9 Å². The molecular weight excluding hydrogens is 438 g/mol. The predicted octanol–water partition coefficient (Wildman–Crippen LogP) is 6.28. The van der Waals surface area contributed by atoms with Crippen molar-refractivity contribution in [1.82, 2.24) is 0 Å². The van der Waals surface area contributed by atoms with Gasteiger partial charge in [-0.15, -0.1) is 0 Å². The number of nitrogens with zero attached hydrogens (tertiary/aromatic N) is 1. The second-order valence-corrected chi connectivity index (χ2v) is 8.33. The van der Waals surface area contributed by atoms with E-state index < -0.39 is 5.92 Å². The van der Waals surface area contributed by atoms with E-state index in [0.29, 0.717) is 11.3 Å². The number of aryl methyl sites for hydroxylation is 1. The summed E-state index contributed by atoms with van der Waals surface area (Å²) in [4.78, 5) is 31.0. The van der Waals surface area contributed by atoms with E-state index in [1.54, 1.807) is 13.8 Å². The normalized spacial score (nSPS) is 16.9. The molecule has 0 amide bonds. The molecule has 3 aromatic rings. The van der Waals surface area contributed by atoms with Crippen molar-refractivity contribution >= 4 is 29.4 Å². The monoisotopic (exact) mass is 467 g/mol. The summed E-state index contributed by atoms with van der Waals surface area (Å²) in [5, 5.41) is 0. The zero-order valence-electron chi connectivity index (χ0n) is 20.2. The molecule has 5 heteroatoms. The second-order valence-electron chi connectivity index (χ2n) is 8.33. The molecular formula is C30H29NO4. The Balaban J connectivity index is 1.93. The van der Waals surface area contributed by atoms with Crippen molar-refractivity contribution in [2.75, 3.05) is 13.2 Å². The van der Waals surface area contributed by atoms with Gasteiger partial charge in [0.25, 0.3) is 0 Å². The minimum Gasteiger partial charge on any atom is -0.465 e. The molecule has 1 heterocycles. The van der Waals surface area contributed by atoms with Gasteiger partial charge < -0.3 is 9.47 Å². The summed E-state index contributed by atoms with van der Waals surface area (Å²) in [6.45, 7) is 6.00. The van der Waals surface area contributed by atoms with Gasteiger partial charge in [-0.2, -0.15) is 0 Å². The van der Waals surface area contributed by atoms with Crippen molar-refractivity contribution in [1.29, 1.82) is 0 Å². The zero-order chi connectivity index (χ0) is 24.8. The molecule has 1 aliphatic rings. The Labute approximate surface area is 206 Å². The second kappa shape index (κ2) is 11.0. The number of benzene rings is 3. The van der Waals surface area contributed by atoms with Gasteiger partial charge in [-0.25, -0.2) is 4.79 Å². The lowest BCUT2D eigenvalue weighted by molar-refractivity contribution is -0.145. The lowest BCUT2D eigenvalue weighted by Gasteiger charge is -2.31. The molecule has 1 aliphatic heterocycles. The first-order valence-electron chi connectivity index (χ1n) is 11.9. The van der Waals surface area contributed by atoms with Crippen LogP contribution in [0.2, 0.25) is 0 Å². The Morgan fingerprint density at radius 2 is 1.57 bits per heavy atom. The molecule has 0 N–H and O–H groups in total. The van der Waals surface area contributed by atoms with Gasteiger partial charge in [-0.05, 0) is 55.2 Å². The highest BCUT2D eigenvalue weighted by molar-refractivity contribution is 6.15. The predicted molar refractivity (Wildman–Crippen MR) is 138 cm³/mol. The Morgan fingerprint density at radius 3 is 2.23 bits per heavy atom. The summed E-state index contributed by atoms with van der Waals surface area (Å²) in [6, 6.07) is 23.3. The number of carbonyl (C=O) groups excluding carboxylic acids is 2. The highest BCUT2D eigenvalue weighted by atomic mass is 16.5. The van der Waals surface area contributed by atoms with Crippen LogP contribution in [0.25, 0.3) is 6.08 Å². The van der Waals surface area contributed by atoms with Gasteiger partial charge >= 0.3 is 11.9 Å². The van der Waals surface area contributed by atoms with Crippen LogP contribution in [-0.4, -0.2) is 30.9 Å². The molecule has 178 valence electrons. The standard InChI is InChI=1S/C30H29NO4/c1-4-34-29(32)24-19-25-23(17-16-21-12-8-6-9-13-21)27(30(33)35-5-2)28(22-14-10-7-11-15-22)31-26(25)18-20(24)3/h6-19,23,27H,4-5H2,1-3H3/b17-16+.